The van der Waals surface area contributed by atoms with E-state index in [1.165, 1.54) is 24.3 Å². The molecule has 0 saturated heterocycles. The van der Waals surface area contributed by atoms with Crippen molar-refractivity contribution in [2.75, 3.05) is 5.32 Å². The second-order valence-corrected chi connectivity index (χ2v) is 6.94. The van der Waals surface area contributed by atoms with E-state index < -0.39 is 15.2 Å². The third-order valence-corrected chi connectivity index (χ3v) is 4.55. The van der Waals surface area contributed by atoms with Crippen LogP contribution in [-0.4, -0.2) is 15.2 Å². The molecule has 0 unspecified atom stereocenters. The summed E-state index contributed by atoms with van der Waals surface area (Å²) in [5.74, 6) is -0.288. The summed E-state index contributed by atoms with van der Waals surface area (Å²) in [5, 5.41) is 13.5. The third kappa shape index (κ3) is 3.46. The molecule has 1 N–H and O–H groups in total. The van der Waals surface area contributed by atoms with E-state index >= 15 is 0 Å². The van der Waals surface area contributed by atoms with Crippen molar-refractivity contribution in [3.63, 3.8) is 0 Å². The van der Waals surface area contributed by atoms with E-state index in [4.69, 9.17) is 23.2 Å². The number of nitro benzene ring substituents is 1. The van der Waals surface area contributed by atoms with Crippen molar-refractivity contribution in [1.82, 2.24) is 0 Å². The van der Waals surface area contributed by atoms with Crippen LogP contribution in [0, 0.1) is 10.1 Å². The number of hydrogen-bond donors (Lipinski definition) is 1. The number of amides is 1. The van der Waals surface area contributed by atoms with Crippen LogP contribution in [0.15, 0.2) is 48.5 Å². The lowest BCUT2D eigenvalue weighted by molar-refractivity contribution is -0.384. The van der Waals surface area contributed by atoms with Crippen LogP contribution in [-0.2, 0) is 0 Å². The molecule has 3 rings (SSSR count). The number of nitro groups is 1. The lowest BCUT2D eigenvalue weighted by Crippen LogP contribution is -2.12. The molecule has 1 aliphatic carbocycles. The highest BCUT2D eigenvalue weighted by Gasteiger charge is 2.52. The van der Waals surface area contributed by atoms with Crippen LogP contribution in [0.25, 0.3) is 0 Å². The summed E-state index contributed by atoms with van der Waals surface area (Å²) < 4.78 is -0.687. The molecule has 1 atom stereocenters. The van der Waals surface area contributed by atoms with Crippen LogP contribution < -0.4 is 5.32 Å². The second kappa shape index (κ2) is 5.83. The van der Waals surface area contributed by atoms with E-state index in [2.05, 4.69) is 5.32 Å². The van der Waals surface area contributed by atoms with Crippen molar-refractivity contribution in [2.45, 2.75) is 16.7 Å². The molecule has 0 aliphatic heterocycles. The number of halogens is 2. The summed E-state index contributed by atoms with van der Waals surface area (Å²) in [4.78, 5) is 22.4. The Kier molecular flexibility index (Phi) is 4.00. The normalized spacial score (nSPS) is 18.3. The monoisotopic (exact) mass is 350 g/mol. The van der Waals surface area contributed by atoms with Crippen LogP contribution in [0.5, 0.6) is 0 Å². The SMILES string of the molecule is O=C(Nc1ccc([C@@H]2CC2(Cl)Cl)cc1)c1cccc([N+](=O)[O-])c1. The molecule has 2 aromatic rings. The number of rotatable bonds is 4. The minimum Gasteiger partial charge on any atom is -0.322 e. The second-order valence-electron chi connectivity index (χ2n) is 5.40. The number of alkyl halides is 2. The summed E-state index contributed by atoms with van der Waals surface area (Å²) in [6.45, 7) is 0. The van der Waals surface area contributed by atoms with Gasteiger partial charge in [0.2, 0.25) is 0 Å². The smallest absolute Gasteiger partial charge is 0.270 e. The van der Waals surface area contributed by atoms with Crippen molar-refractivity contribution in [3.8, 4) is 0 Å². The molecule has 0 aromatic heterocycles. The van der Waals surface area contributed by atoms with Gasteiger partial charge in [-0.15, -0.1) is 23.2 Å². The first-order valence-electron chi connectivity index (χ1n) is 6.90. The molecule has 0 spiro atoms. The van der Waals surface area contributed by atoms with Crippen molar-refractivity contribution < 1.29 is 9.72 Å². The van der Waals surface area contributed by atoms with Gasteiger partial charge in [-0.3, -0.25) is 14.9 Å². The number of hydrogen-bond acceptors (Lipinski definition) is 3. The van der Waals surface area contributed by atoms with E-state index in [-0.39, 0.29) is 17.2 Å². The first-order valence-corrected chi connectivity index (χ1v) is 7.66. The number of carbonyl (C=O) groups excluding carboxylic acids is 1. The van der Waals surface area contributed by atoms with Gasteiger partial charge >= 0.3 is 0 Å². The van der Waals surface area contributed by atoms with Gasteiger partial charge in [0.25, 0.3) is 11.6 Å². The van der Waals surface area contributed by atoms with E-state index in [0.29, 0.717) is 5.69 Å². The molecule has 1 amide bonds. The maximum absolute atomic E-state index is 12.1. The quantitative estimate of drug-likeness (QED) is 0.500. The lowest BCUT2D eigenvalue weighted by Gasteiger charge is -2.07. The molecule has 1 saturated carbocycles. The van der Waals surface area contributed by atoms with Gasteiger partial charge < -0.3 is 5.32 Å². The number of carbonyl (C=O) groups is 1. The first kappa shape index (κ1) is 15.8. The zero-order valence-electron chi connectivity index (χ0n) is 11.8. The largest absolute Gasteiger partial charge is 0.322 e. The van der Waals surface area contributed by atoms with Crippen LogP contribution in [0.1, 0.15) is 28.3 Å². The van der Waals surface area contributed by atoms with Gasteiger partial charge in [0.1, 0.15) is 4.33 Å². The molecule has 1 aliphatic rings. The van der Waals surface area contributed by atoms with Gasteiger partial charge in [-0.2, -0.15) is 0 Å². The van der Waals surface area contributed by atoms with E-state index in [0.717, 1.165) is 12.0 Å². The van der Waals surface area contributed by atoms with Crippen LogP contribution in [0.2, 0.25) is 0 Å². The Bertz CT molecular complexity index is 775. The Morgan fingerprint density at radius 1 is 1.22 bits per heavy atom. The summed E-state index contributed by atoms with van der Waals surface area (Å²) in [6, 6.07) is 12.8. The fraction of sp³-hybridized carbons (Fsp3) is 0.188. The molecule has 1 fully saturated rings. The number of non-ortho nitro benzene ring substituents is 1. The molecule has 7 heteroatoms. The zero-order chi connectivity index (χ0) is 16.6. The van der Waals surface area contributed by atoms with E-state index in [9.17, 15) is 14.9 Å². The summed E-state index contributed by atoms with van der Waals surface area (Å²) >= 11 is 12.1. The minimum absolute atomic E-state index is 0.118. The highest BCUT2D eigenvalue weighted by atomic mass is 35.5. The van der Waals surface area contributed by atoms with Crippen molar-refractivity contribution >= 4 is 40.5 Å². The minimum atomic E-state index is -0.687. The van der Waals surface area contributed by atoms with Crippen LogP contribution in [0.4, 0.5) is 11.4 Å². The molecular formula is C16H12Cl2N2O3. The lowest BCUT2D eigenvalue weighted by atomic mass is 10.1. The number of nitrogens with zero attached hydrogens (tertiary/aromatic N) is 1. The molecule has 2 aromatic carbocycles. The summed E-state index contributed by atoms with van der Waals surface area (Å²) in [6.07, 6.45) is 0.718. The molecule has 23 heavy (non-hydrogen) atoms. The predicted molar refractivity (Wildman–Crippen MR) is 89.3 cm³/mol. The summed E-state index contributed by atoms with van der Waals surface area (Å²) in [5.41, 5.74) is 1.72. The zero-order valence-corrected chi connectivity index (χ0v) is 13.3. The van der Waals surface area contributed by atoms with Crippen molar-refractivity contribution in [1.29, 1.82) is 0 Å². The molecule has 0 radical (unpaired) electrons. The Morgan fingerprint density at radius 3 is 2.43 bits per heavy atom. The number of anilines is 1. The third-order valence-electron chi connectivity index (χ3n) is 3.72. The standard InChI is InChI=1S/C16H12Cl2N2O3/c17-16(18)9-14(16)10-4-6-12(7-5-10)19-15(21)11-2-1-3-13(8-11)20(22)23/h1-8,14H,9H2,(H,19,21)/t14-/m0/s1. The molecular weight excluding hydrogens is 339 g/mol. The van der Waals surface area contributed by atoms with Gasteiger partial charge in [-0.1, -0.05) is 18.2 Å². The van der Waals surface area contributed by atoms with E-state index in [1.54, 1.807) is 12.1 Å². The highest BCUT2D eigenvalue weighted by molar-refractivity contribution is 6.51. The molecule has 118 valence electrons. The van der Waals surface area contributed by atoms with Gasteiger partial charge in [-0.05, 0) is 30.2 Å². The van der Waals surface area contributed by atoms with Gasteiger partial charge in [0.15, 0.2) is 0 Å². The average molecular weight is 351 g/mol. The molecule has 0 bridgehead atoms. The maximum atomic E-state index is 12.1. The Labute approximate surface area is 142 Å². The predicted octanol–water partition coefficient (Wildman–Crippen LogP) is 4.51. The Balaban J connectivity index is 1.70. The Hall–Kier alpha value is -2.11. The Morgan fingerprint density at radius 2 is 1.87 bits per heavy atom. The van der Waals surface area contributed by atoms with Gasteiger partial charge in [0.05, 0.1) is 4.92 Å². The van der Waals surface area contributed by atoms with Crippen molar-refractivity contribution in [3.05, 3.63) is 69.8 Å². The number of nitrogens with one attached hydrogen (secondary N) is 1. The topological polar surface area (TPSA) is 72.2 Å². The first-order chi connectivity index (χ1) is 10.9. The maximum Gasteiger partial charge on any atom is 0.270 e. The van der Waals surface area contributed by atoms with Gasteiger partial charge in [-0.25, -0.2) is 0 Å². The van der Waals surface area contributed by atoms with Gasteiger partial charge in [0, 0.05) is 29.3 Å². The van der Waals surface area contributed by atoms with E-state index in [1.807, 2.05) is 12.1 Å². The molecule has 5 nitrogen and oxygen atoms in total. The fourth-order valence-corrected chi connectivity index (χ4v) is 2.90. The van der Waals surface area contributed by atoms with Crippen LogP contribution in [0.3, 0.4) is 0 Å². The average Bonchev–Trinajstić information content (AvgIpc) is 3.16. The van der Waals surface area contributed by atoms with Crippen LogP contribution >= 0.6 is 23.2 Å². The molecule has 0 heterocycles. The highest BCUT2D eigenvalue weighted by Crippen LogP contribution is 2.59. The summed E-state index contributed by atoms with van der Waals surface area (Å²) in [7, 11) is 0. The number of benzene rings is 2. The fourth-order valence-electron chi connectivity index (χ4n) is 2.34. The van der Waals surface area contributed by atoms with Crippen molar-refractivity contribution in [2.24, 2.45) is 0 Å².